The molecule has 2 aromatic heterocycles. The maximum atomic E-state index is 13.0. The Morgan fingerprint density at radius 3 is 3.00 bits per heavy atom. The third-order valence-corrected chi connectivity index (χ3v) is 6.20. The van der Waals surface area contributed by atoms with Crippen LogP contribution in [0.25, 0.3) is 11.3 Å². The van der Waals surface area contributed by atoms with Crippen LogP contribution in [-0.2, 0) is 24.1 Å². The second-order valence-electron chi connectivity index (χ2n) is 7.98. The molecule has 31 heavy (non-hydrogen) atoms. The lowest BCUT2D eigenvalue weighted by Gasteiger charge is -2.36. The summed E-state index contributed by atoms with van der Waals surface area (Å²) < 4.78 is 7.13. The van der Waals surface area contributed by atoms with Crippen LogP contribution in [0.3, 0.4) is 0 Å². The molecule has 0 spiro atoms. The van der Waals surface area contributed by atoms with Gasteiger partial charge in [-0.25, -0.2) is 0 Å². The van der Waals surface area contributed by atoms with Crippen molar-refractivity contribution in [2.75, 3.05) is 26.8 Å². The number of aryl methyl sites for hydroxylation is 1. The molecule has 1 atom stereocenters. The summed E-state index contributed by atoms with van der Waals surface area (Å²) in [7, 11) is 1.62. The summed E-state index contributed by atoms with van der Waals surface area (Å²) in [5.74, 6) is -0.228. The highest BCUT2D eigenvalue weighted by atomic mass is 16.5. The largest absolute Gasteiger partial charge is 0.383 e. The Hall–Kier alpha value is -3.39. The van der Waals surface area contributed by atoms with Crippen LogP contribution in [0.15, 0.2) is 42.6 Å². The van der Waals surface area contributed by atoms with Crippen molar-refractivity contribution < 1.29 is 14.3 Å². The lowest BCUT2D eigenvalue weighted by Crippen LogP contribution is -2.53. The number of ether oxygens (including phenoxy) is 1. The molecule has 1 aromatic carbocycles. The molecule has 0 radical (unpaired) electrons. The Kier molecular flexibility index (Phi) is 5.07. The fourth-order valence-corrected chi connectivity index (χ4v) is 4.60. The molecule has 0 bridgehead atoms. The standard InChI is InChI=1S/C23H25N5O3/c1-31-12-11-28-16(14-27-10-4-7-19(27)23(28)30)13-24-22(29)21-18-9-8-15-5-2-3-6-17(15)20(18)25-26-21/h2-7,10,16H,8-9,11-14H2,1H3,(H,24,29)(H,25,26). The lowest BCUT2D eigenvalue weighted by molar-refractivity contribution is 0.0504. The van der Waals surface area contributed by atoms with Crippen molar-refractivity contribution in [1.82, 2.24) is 25.0 Å². The molecular weight excluding hydrogens is 394 g/mol. The zero-order chi connectivity index (χ0) is 21.4. The van der Waals surface area contributed by atoms with Crippen molar-refractivity contribution >= 4 is 11.8 Å². The molecule has 1 aliphatic heterocycles. The quantitative estimate of drug-likeness (QED) is 0.638. The number of fused-ring (bicyclic) bond motifs is 4. The van der Waals surface area contributed by atoms with Crippen LogP contribution >= 0.6 is 0 Å². The number of rotatable bonds is 6. The van der Waals surface area contributed by atoms with Crippen molar-refractivity contribution in [3.63, 3.8) is 0 Å². The van der Waals surface area contributed by atoms with Crippen LogP contribution in [0.2, 0.25) is 0 Å². The molecule has 160 valence electrons. The van der Waals surface area contributed by atoms with Crippen LogP contribution in [0, 0.1) is 0 Å². The van der Waals surface area contributed by atoms with Gasteiger partial charge in [0, 0.05) is 44.1 Å². The first-order valence-electron chi connectivity index (χ1n) is 10.6. The van der Waals surface area contributed by atoms with Crippen molar-refractivity contribution in [2.24, 2.45) is 0 Å². The van der Waals surface area contributed by atoms with Gasteiger partial charge < -0.3 is 19.5 Å². The van der Waals surface area contributed by atoms with Crippen LogP contribution < -0.4 is 5.32 Å². The fourth-order valence-electron chi connectivity index (χ4n) is 4.60. The SMILES string of the molecule is COCCN1C(=O)c2cccn2CC1CNC(=O)c1[nH]nc2c1CCc1ccccc1-2. The summed E-state index contributed by atoms with van der Waals surface area (Å²) in [5, 5.41) is 10.4. The molecule has 0 saturated heterocycles. The van der Waals surface area contributed by atoms with E-state index in [0.29, 0.717) is 37.6 Å². The number of carbonyl (C=O) groups is 2. The zero-order valence-corrected chi connectivity index (χ0v) is 17.4. The van der Waals surface area contributed by atoms with E-state index in [0.717, 1.165) is 29.7 Å². The predicted molar refractivity (Wildman–Crippen MR) is 115 cm³/mol. The molecular formula is C23H25N5O3. The molecule has 0 saturated carbocycles. The average Bonchev–Trinajstić information content (AvgIpc) is 3.44. The average molecular weight is 419 g/mol. The number of H-pyrrole nitrogens is 1. The van der Waals surface area contributed by atoms with Crippen molar-refractivity contribution in [2.45, 2.75) is 25.4 Å². The van der Waals surface area contributed by atoms with E-state index in [9.17, 15) is 9.59 Å². The maximum absolute atomic E-state index is 13.0. The highest BCUT2D eigenvalue weighted by molar-refractivity contribution is 5.96. The number of hydrogen-bond acceptors (Lipinski definition) is 4. The van der Waals surface area contributed by atoms with Crippen molar-refractivity contribution in [3.8, 4) is 11.3 Å². The van der Waals surface area contributed by atoms with E-state index < -0.39 is 0 Å². The van der Waals surface area contributed by atoms with Gasteiger partial charge in [-0.2, -0.15) is 5.10 Å². The van der Waals surface area contributed by atoms with Gasteiger partial charge in [0.05, 0.1) is 18.3 Å². The van der Waals surface area contributed by atoms with Crippen LogP contribution in [-0.4, -0.2) is 64.3 Å². The van der Waals surface area contributed by atoms with Gasteiger partial charge in [-0.15, -0.1) is 0 Å². The normalized spacial score (nSPS) is 17.1. The second-order valence-corrected chi connectivity index (χ2v) is 7.98. The number of carbonyl (C=O) groups excluding carboxylic acids is 2. The van der Waals surface area contributed by atoms with E-state index in [-0.39, 0.29) is 17.9 Å². The number of aromatic amines is 1. The molecule has 2 amide bonds. The van der Waals surface area contributed by atoms with Gasteiger partial charge in [0.1, 0.15) is 11.4 Å². The van der Waals surface area contributed by atoms with E-state index in [4.69, 9.17) is 4.74 Å². The van der Waals surface area contributed by atoms with Gasteiger partial charge in [0.25, 0.3) is 11.8 Å². The summed E-state index contributed by atoms with van der Waals surface area (Å²) in [4.78, 5) is 27.7. The van der Waals surface area contributed by atoms with E-state index in [1.165, 1.54) is 5.56 Å². The Balaban J connectivity index is 1.33. The number of benzene rings is 1. The number of aromatic nitrogens is 3. The topological polar surface area (TPSA) is 92.2 Å². The molecule has 8 nitrogen and oxygen atoms in total. The number of methoxy groups -OCH3 is 1. The number of nitrogens with one attached hydrogen (secondary N) is 2. The Bertz CT molecular complexity index is 1130. The minimum absolute atomic E-state index is 0.0388. The second kappa shape index (κ2) is 8.03. The highest BCUT2D eigenvalue weighted by Crippen LogP contribution is 2.33. The molecule has 1 aliphatic carbocycles. The Morgan fingerprint density at radius 1 is 1.26 bits per heavy atom. The zero-order valence-electron chi connectivity index (χ0n) is 17.4. The van der Waals surface area contributed by atoms with Crippen molar-refractivity contribution in [3.05, 3.63) is 65.1 Å². The van der Waals surface area contributed by atoms with Gasteiger partial charge in [-0.05, 0) is 30.5 Å². The van der Waals surface area contributed by atoms with Gasteiger partial charge in [0.2, 0.25) is 0 Å². The molecule has 2 N–H and O–H groups in total. The van der Waals surface area contributed by atoms with Gasteiger partial charge >= 0.3 is 0 Å². The number of amides is 2. The van der Waals surface area contributed by atoms with E-state index in [1.54, 1.807) is 12.0 Å². The summed E-state index contributed by atoms with van der Waals surface area (Å²) in [5.41, 5.74) is 5.34. The molecule has 0 fully saturated rings. The van der Waals surface area contributed by atoms with E-state index in [2.05, 4.69) is 21.6 Å². The smallest absolute Gasteiger partial charge is 0.270 e. The molecule has 3 heterocycles. The number of nitrogens with zero attached hydrogens (tertiary/aromatic N) is 3. The third kappa shape index (κ3) is 3.42. The predicted octanol–water partition coefficient (Wildman–Crippen LogP) is 1.88. The monoisotopic (exact) mass is 419 g/mol. The Labute approximate surface area is 180 Å². The van der Waals surface area contributed by atoms with E-state index >= 15 is 0 Å². The summed E-state index contributed by atoms with van der Waals surface area (Å²) in [6, 6.07) is 11.7. The first-order valence-corrected chi connectivity index (χ1v) is 10.6. The Morgan fingerprint density at radius 2 is 2.13 bits per heavy atom. The van der Waals surface area contributed by atoms with Crippen LogP contribution in [0.5, 0.6) is 0 Å². The molecule has 3 aromatic rings. The van der Waals surface area contributed by atoms with Crippen LogP contribution in [0.4, 0.5) is 0 Å². The molecule has 2 aliphatic rings. The third-order valence-electron chi connectivity index (χ3n) is 6.20. The maximum Gasteiger partial charge on any atom is 0.270 e. The minimum Gasteiger partial charge on any atom is -0.383 e. The van der Waals surface area contributed by atoms with E-state index in [1.807, 2.05) is 41.1 Å². The molecule has 8 heteroatoms. The van der Waals surface area contributed by atoms with Crippen LogP contribution in [0.1, 0.15) is 32.1 Å². The van der Waals surface area contributed by atoms with Gasteiger partial charge in [-0.1, -0.05) is 24.3 Å². The van der Waals surface area contributed by atoms with Crippen molar-refractivity contribution in [1.29, 1.82) is 0 Å². The first-order chi connectivity index (χ1) is 15.2. The summed E-state index contributed by atoms with van der Waals surface area (Å²) in [6.07, 6.45) is 3.57. The lowest BCUT2D eigenvalue weighted by atomic mass is 9.89. The summed E-state index contributed by atoms with van der Waals surface area (Å²) in [6.45, 7) is 1.92. The van der Waals surface area contributed by atoms with Gasteiger partial charge in [-0.3, -0.25) is 14.7 Å². The summed E-state index contributed by atoms with van der Waals surface area (Å²) >= 11 is 0. The molecule has 5 rings (SSSR count). The minimum atomic E-state index is -0.189. The first kappa shape index (κ1) is 19.6. The number of hydrogen-bond donors (Lipinski definition) is 2. The van der Waals surface area contributed by atoms with Gasteiger partial charge in [0.15, 0.2) is 0 Å². The highest BCUT2D eigenvalue weighted by Gasteiger charge is 2.32. The fraction of sp³-hybridized carbons (Fsp3) is 0.348. The molecule has 1 unspecified atom stereocenters.